The number of nitrogens with two attached hydrogens (primary N) is 1. The van der Waals surface area contributed by atoms with Crippen LogP contribution in [0.4, 0.5) is 0 Å². The molecule has 0 aliphatic heterocycles. The lowest BCUT2D eigenvalue weighted by Crippen LogP contribution is -2.45. The van der Waals surface area contributed by atoms with Crippen LogP contribution in [0.1, 0.15) is 13.3 Å². The van der Waals surface area contributed by atoms with Crippen molar-refractivity contribution in [2.24, 2.45) is 11.7 Å². The molecule has 5 nitrogen and oxygen atoms in total. The van der Waals surface area contributed by atoms with Crippen molar-refractivity contribution >= 4 is 5.91 Å². The van der Waals surface area contributed by atoms with Crippen LogP contribution < -0.4 is 11.1 Å². The van der Waals surface area contributed by atoms with Gasteiger partial charge in [0, 0.05) is 19.6 Å². The first-order valence-electron chi connectivity index (χ1n) is 4.79. The van der Waals surface area contributed by atoms with Crippen molar-refractivity contribution in [3.05, 3.63) is 0 Å². The molecule has 0 spiro atoms. The van der Waals surface area contributed by atoms with E-state index >= 15 is 0 Å². The van der Waals surface area contributed by atoms with E-state index in [1.54, 1.807) is 0 Å². The molecule has 0 heterocycles. The molecule has 5 heteroatoms. The zero-order chi connectivity index (χ0) is 11.0. The lowest BCUT2D eigenvalue weighted by molar-refractivity contribution is -0.126. The molecule has 84 valence electrons. The first kappa shape index (κ1) is 13.4. The van der Waals surface area contributed by atoms with Gasteiger partial charge in [0.25, 0.3) is 0 Å². The number of hydrogen-bond donors (Lipinski definition) is 3. The molecule has 0 rings (SSSR count). The fraction of sp³-hybridized carbons (Fsp3) is 0.889. The highest BCUT2D eigenvalue weighted by atomic mass is 16.5. The van der Waals surface area contributed by atoms with Crippen LogP contribution >= 0.6 is 0 Å². The molecule has 2 unspecified atom stereocenters. The van der Waals surface area contributed by atoms with E-state index in [1.165, 1.54) is 7.11 Å². The quantitative estimate of drug-likeness (QED) is 0.501. The second kappa shape index (κ2) is 7.73. The summed E-state index contributed by atoms with van der Waals surface area (Å²) in [6, 6.07) is -0.340. The van der Waals surface area contributed by atoms with Crippen LogP contribution in [0.3, 0.4) is 0 Å². The summed E-state index contributed by atoms with van der Waals surface area (Å²) in [5.41, 5.74) is 5.42. The molecule has 0 aromatic rings. The summed E-state index contributed by atoms with van der Waals surface area (Å²) in [7, 11) is 1.52. The Kier molecular flexibility index (Phi) is 7.37. The smallest absolute Gasteiger partial charge is 0.224 e. The summed E-state index contributed by atoms with van der Waals surface area (Å²) < 4.78 is 4.84. The first-order chi connectivity index (χ1) is 6.69. The summed E-state index contributed by atoms with van der Waals surface area (Å²) in [5.74, 6) is -0.299. The predicted octanol–water partition coefficient (Wildman–Crippen LogP) is -0.905. The molecule has 0 aromatic carbocycles. The second-order valence-electron chi connectivity index (χ2n) is 3.18. The molecule has 0 saturated heterocycles. The van der Waals surface area contributed by atoms with Crippen molar-refractivity contribution < 1.29 is 14.6 Å². The van der Waals surface area contributed by atoms with E-state index < -0.39 is 0 Å². The standard InChI is InChI=1S/C9H20N2O3/c1-3-7(4-10)9(13)11-8(5-12)6-14-2/h7-8,12H,3-6,10H2,1-2H3,(H,11,13). The van der Waals surface area contributed by atoms with E-state index in [1.807, 2.05) is 6.92 Å². The molecule has 0 saturated carbocycles. The van der Waals surface area contributed by atoms with Gasteiger partial charge in [0.1, 0.15) is 0 Å². The minimum absolute atomic E-state index is 0.119. The van der Waals surface area contributed by atoms with Crippen molar-refractivity contribution in [1.29, 1.82) is 0 Å². The highest BCUT2D eigenvalue weighted by molar-refractivity contribution is 5.79. The lowest BCUT2D eigenvalue weighted by Gasteiger charge is -2.18. The first-order valence-corrected chi connectivity index (χ1v) is 4.79. The number of carbonyl (C=O) groups excluding carboxylic acids is 1. The fourth-order valence-electron chi connectivity index (χ4n) is 1.12. The number of aliphatic hydroxyl groups excluding tert-OH is 1. The zero-order valence-corrected chi connectivity index (χ0v) is 8.82. The molecule has 0 aliphatic carbocycles. The van der Waals surface area contributed by atoms with Crippen LogP contribution in [0.2, 0.25) is 0 Å². The third kappa shape index (κ3) is 4.55. The van der Waals surface area contributed by atoms with Crippen molar-refractivity contribution in [2.75, 3.05) is 26.9 Å². The van der Waals surface area contributed by atoms with E-state index in [0.717, 1.165) is 0 Å². The number of aliphatic hydroxyl groups is 1. The Morgan fingerprint density at radius 1 is 1.64 bits per heavy atom. The average Bonchev–Trinajstić information content (AvgIpc) is 2.19. The molecular formula is C9H20N2O3. The Balaban J connectivity index is 3.99. The topological polar surface area (TPSA) is 84.6 Å². The lowest BCUT2D eigenvalue weighted by atomic mass is 10.1. The van der Waals surface area contributed by atoms with Crippen molar-refractivity contribution in [3.8, 4) is 0 Å². The Bertz CT molecular complexity index is 160. The van der Waals surface area contributed by atoms with E-state index in [9.17, 15) is 4.79 Å². The summed E-state index contributed by atoms with van der Waals surface area (Å²) >= 11 is 0. The van der Waals surface area contributed by atoms with Gasteiger partial charge in [0.05, 0.1) is 19.3 Å². The molecular weight excluding hydrogens is 184 g/mol. The highest BCUT2D eigenvalue weighted by Crippen LogP contribution is 2.00. The molecule has 4 N–H and O–H groups in total. The fourth-order valence-corrected chi connectivity index (χ4v) is 1.12. The predicted molar refractivity (Wildman–Crippen MR) is 53.7 cm³/mol. The number of methoxy groups -OCH3 is 1. The minimum Gasteiger partial charge on any atom is -0.394 e. The van der Waals surface area contributed by atoms with Crippen LogP contribution in [0.15, 0.2) is 0 Å². The maximum absolute atomic E-state index is 11.5. The molecule has 1 amide bonds. The van der Waals surface area contributed by atoms with Gasteiger partial charge in [-0.1, -0.05) is 6.92 Å². The van der Waals surface area contributed by atoms with Crippen LogP contribution in [-0.2, 0) is 9.53 Å². The van der Waals surface area contributed by atoms with Crippen LogP contribution in [-0.4, -0.2) is 43.9 Å². The van der Waals surface area contributed by atoms with Gasteiger partial charge in [0.15, 0.2) is 0 Å². The maximum atomic E-state index is 11.5. The van der Waals surface area contributed by atoms with Gasteiger partial charge >= 0.3 is 0 Å². The van der Waals surface area contributed by atoms with Crippen molar-refractivity contribution in [1.82, 2.24) is 5.32 Å². The van der Waals surface area contributed by atoms with Gasteiger partial charge in [-0.15, -0.1) is 0 Å². The van der Waals surface area contributed by atoms with Crippen molar-refractivity contribution in [3.63, 3.8) is 0 Å². The molecule has 0 aliphatic rings. The molecule has 14 heavy (non-hydrogen) atoms. The van der Waals surface area contributed by atoms with E-state index in [2.05, 4.69) is 5.32 Å². The van der Waals surface area contributed by atoms with E-state index in [-0.39, 0.29) is 24.5 Å². The summed E-state index contributed by atoms with van der Waals surface area (Å²) in [4.78, 5) is 11.5. The third-order valence-corrected chi connectivity index (χ3v) is 2.08. The zero-order valence-electron chi connectivity index (χ0n) is 8.82. The number of hydrogen-bond acceptors (Lipinski definition) is 4. The van der Waals surface area contributed by atoms with Crippen LogP contribution in [0.5, 0.6) is 0 Å². The van der Waals surface area contributed by atoms with Gasteiger partial charge in [0.2, 0.25) is 5.91 Å². The number of amides is 1. The van der Waals surface area contributed by atoms with Gasteiger partial charge in [-0.2, -0.15) is 0 Å². The normalized spacial score (nSPS) is 14.9. The SMILES string of the molecule is CCC(CN)C(=O)NC(CO)COC. The highest BCUT2D eigenvalue weighted by Gasteiger charge is 2.17. The molecule has 0 radical (unpaired) electrons. The number of carbonyl (C=O) groups is 1. The summed E-state index contributed by atoms with van der Waals surface area (Å²) in [6.45, 7) is 2.42. The number of nitrogens with one attached hydrogen (secondary N) is 1. The van der Waals surface area contributed by atoms with Gasteiger partial charge in [-0.3, -0.25) is 4.79 Å². The number of ether oxygens (including phenoxy) is 1. The minimum atomic E-state index is -0.340. The molecule has 0 bridgehead atoms. The average molecular weight is 204 g/mol. The monoisotopic (exact) mass is 204 g/mol. The Hall–Kier alpha value is -0.650. The maximum Gasteiger partial charge on any atom is 0.224 e. The third-order valence-electron chi connectivity index (χ3n) is 2.08. The largest absolute Gasteiger partial charge is 0.394 e. The Morgan fingerprint density at radius 2 is 2.29 bits per heavy atom. The summed E-state index contributed by atoms with van der Waals surface area (Å²) in [6.07, 6.45) is 0.702. The van der Waals surface area contributed by atoms with E-state index in [4.69, 9.17) is 15.6 Å². The van der Waals surface area contributed by atoms with Gasteiger partial charge in [-0.25, -0.2) is 0 Å². The van der Waals surface area contributed by atoms with Gasteiger partial charge < -0.3 is 20.9 Å². The van der Waals surface area contributed by atoms with Crippen LogP contribution in [0.25, 0.3) is 0 Å². The van der Waals surface area contributed by atoms with Crippen LogP contribution in [0, 0.1) is 5.92 Å². The molecule has 0 fully saturated rings. The molecule has 0 aromatic heterocycles. The Morgan fingerprint density at radius 3 is 2.64 bits per heavy atom. The van der Waals surface area contributed by atoms with Gasteiger partial charge in [-0.05, 0) is 6.42 Å². The summed E-state index contributed by atoms with van der Waals surface area (Å²) in [5, 5.41) is 11.6. The van der Waals surface area contributed by atoms with Crippen molar-refractivity contribution in [2.45, 2.75) is 19.4 Å². The second-order valence-corrected chi connectivity index (χ2v) is 3.18. The molecule has 2 atom stereocenters. The van der Waals surface area contributed by atoms with E-state index in [0.29, 0.717) is 19.6 Å². The number of rotatable bonds is 7. The Labute approximate surface area is 84.6 Å².